The predicted molar refractivity (Wildman–Crippen MR) is 69.5 cm³/mol. The van der Waals surface area contributed by atoms with Crippen LogP contribution in [0.3, 0.4) is 0 Å². The van der Waals surface area contributed by atoms with Crippen molar-refractivity contribution in [2.75, 3.05) is 7.11 Å². The summed E-state index contributed by atoms with van der Waals surface area (Å²) >= 11 is 3.17. The van der Waals surface area contributed by atoms with Gasteiger partial charge in [-0.3, -0.25) is 4.79 Å². The van der Waals surface area contributed by atoms with Crippen LogP contribution in [-0.4, -0.2) is 25.0 Å². The van der Waals surface area contributed by atoms with E-state index in [0.717, 1.165) is 0 Å². The van der Waals surface area contributed by atoms with Crippen molar-refractivity contribution in [3.63, 3.8) is 0 Å². The van der Waals surface area contributed by atoms with Crippen LogP contribution in [0, 0.1) is 0 Å². The van der Waals surface area contributed by atoms with Crippen LogP contribution in [0.25, 0.3) is 0 Å². The molecule has 0 N–H and O–H groups in total. The van der Waals surface area contributed by atoms with E-state index in [0.29, 0.717) is 10.0 Å². The summed E-state index contributed by atoms with van der Waals surface area (Å²) in [6.07, 6.45) is -6.20. The Bertz CT molecular complexity index is 512. The molecule has 1 aromatic rings. The van der Waals surface area contributed by atoms with Crippen LogP contribution >= 0.6 is 15.9 Å². The van der Waals surface area contributed by atoms with Gasteiger partial charge < -0.3 is 4.74 Å². The fraction of sp³-hybridized carbons (Fsp3) is 0.385. The SMILES string of the molecule is COC(=O)c1cc(Br)cc(CC(=O)CCC(F)(F)F)c1. The fourth-order valence-electron chi connectivity index (χ4n) is 1.59. The number of hydrogen-bond donors (Lipinski definition) is 0. The molecule has 0 amide bonds. The molecular formula is C13H12BrF3O3. The highest BCUT2D eigenvalue weighted by molar-refractivity contribution is 9.10. The molecule has 0 spiro atoms. The molecule has 0 aliphatic carbocycles. The number of Topliss-reactive ketones (excluding diaryl/α,β-unsaturated/α-hetero) is 1. The number of benzene rings is 1. The van der Waals surface area contributed by atoms with E-state index in [1.807, 2.05) is 0 Å². The fourth-order valence-corrected chi connectivity index (χ4v) is 2.13. The molecule has 0 aromatic heterocycles. The smallest absolute Gasteiger partial charge is 0.389 e. The molecular weight excluding hydrogens is 341 g/mol. The molecule has 1 rings (SSSR count). The lowest BCUT2D eigenvalue weighted by molar-refractivity contribution is -0.143. The second-order valence-corrected chi connectivity index (χ2v) is 5.09. The number of rotatable bonds is 5. The van der Waals surface area contributed by atoms with Crippen molar-refractivity contribution in [2.45, 2.75) is 25.4 Å². The van der Waals surface area contributed by atoms with Crippen molar-refractivity contribution in [3.05, 3.63) is 33.8 Å². The van der Waals surface area contributed by atoms with Crippen LogP contribution in [-0.2, 0) is 16.0 Å². The van der Waals surface area contributed by atoms with Gasteiger partial charge in [0.05, 0.1) is 19.1 Å². The van der Waals surface area contributed by atoms with Crippen molar-refractivity contribution in [3.8, 4) is 0 Å². The summed E-state index contributed by atoms with van der Waals surface area (Å²) in [6, 6.07) is 4.52. The van der Waals surface area contributed by atoms with Crippen LogP contribution in [0.5, 0.6) is 0 Å². The lowest BCUT2D eigenvalue weighted by Crippen LogP contribution is -2.12. The Hall–Kier alpha value is -1.37. The molecule has 0 fully saturated rings. The molecule has 0 saturated carbocycles. The van der Waals surface area contributed by atoms with Crippen molar-refractivity contribution in [1.82, 2.24) is 0 Å². The van der Waals surface area contributed by atoms with E-state index >= 15 is 0 Å². The highest BCUT2D eigenvalue weighted by atomic mass is 79.9. The molecule has 110 valence electrons. The Morgan fingerprint density at radius 1 is 1.25 bits per heavy atom. The summed E-state index contributed by atoms with van der Waals surface area (Å²) in [7, 11) is 1.22. The van der Waals surface area contributed by atoms with E-state index in [1.165, 1.54) is 19.2 Å². The average Bonchev–Trinajstić information content (AvgIpc) is 2.34. The van der Waals surface area contributed by atoms with E-state index in [-0.39, 0.29) is 12.0 Å². The van der Waals surface area contributed by atoms with Gasteiger partial charge in [0.15, 0.2) is 0 Å². The van der Waals surface area contributed by atoms with Crippen molar-refractivity contribution in [1.29, 1.82) is 0 Å². The summed E-state index contributed by atoms with van der Waals surface area (Å²) in [6.45, 7) is 0. The second-order valence-electron chi connectivity index (χ2n) is 4.17. The van der Waals surface area contributed by atoms with Gasteiger partial charge in [-0.2, -0.15) is 13.2 Å². The standard InChI is InChI=1S/C13H12BrF3O3/c1-20-12(19)9-4-8(5-10(14)7-9)6-11(18)2-3-13(15,16)17/h4-5,7H,2-3,6H2,1H3. The van der Waals surface area contributed by atoms with Gasteiger partial charge in [-0.15, -0.1) is 0 Å². The van der Waals surface area contributed by atoms with Crippen LogP contribution in [0.15, 0.2) is 22.7 Å². The number of ketones is 1. The average molecular weight is 353 g/mol. The van der Waals surface area contributed by atoms with E-state index in [9.17, 15) is 22.8 Å². The molecule has 0 atom stereocenters. The number of methoxy groups -OCH3 is 1. The normalized spacial score (nSPS) is 11.2. The van der Waals surface area contributed by atoms with Crippen LogP contribution in [0.1, 0.15) is 28.8 Å². The quantitative estimate of drug-likeness (QED) is 0.759. The Morgan fingerprint density at radius 3 is 2.45 bits per heavy atom. The van der Waals surface area contributed by atoms with Crippen molar-refractivity contribution < 1.29 is 27.5 Å². The van der Waals surface area contributed by atoms with E-state index in [2.05, 4.69) is 20.7 Å². The first-order valence-corrected chi connectivity index (χ1v) is 6.47. The van der Waals surface area contributed by atoms with Gasteiger partial charge in [0.1, 0.15) is 5.78 Å². The molecule has 0 aliphatic heterocycles. The summed E-state index contributed by atoms with van der Waals surface area (Å²) in [5, 5.41) is 0. The minimum absolute atomic E-state index is 0.153. The molecule has 20 heavy (non-hydrogen) atoms. The molecule has 1 aromatic carbocycles. The van der Waals surface area contributed by atoms with E-state index in [4.69, 9.17) is 0 Å². The van der Waals surface area contributed by atoms with Gasteiger partial charge in [0.2, 0.25) is 0 Å². The molecule has 0 radical (unpaired) electrons. The number of esters is 1. The first-order valence-electron chi connectivity index (χ1n) is 5.67. The first kappa shape index (κ1) is 16.7. The number of hydrogen-bond acceptors (Lipinski definition) is 3. The first-order chi connectivity index (χ1) is 9.21. The zero-order chi connectivity index (χ0) is 15.3. The summed E-state index contributed by atoms with van der Waals surface area (Å²) < 4.78 is 41.1. The minimum Gasteiger partial charge on any atom is -0.465 e. The topological polar surface area (TPSA) is 43.4 Å². The van der Waals surface area contributed by atoms with Crippen molar-refractivity contribution >= 4 is 27.7 Å². The predicted octanol–water partition coefficient (Wildman–Crippen LogP) is 3.69. The highest BCUT2D eigenvalue weighted by Crippen LogP contribution is 2.22. The third kappa shape index (κ3) is 5.73. The van der Waals surface area contributed by atoms with Gasteiger partial charge in [0, 0.05) is 17.3 Å². The summed E-state index contributed by atoms with van der Waals surface area (Å²) in [5.74, 6) is -1.11. The van der Waals surface area contributed by atoms with Crippen molar-refractivity contribution in [2.24, 2.45) is 0 Å². The van der Waals surface area contributed by atoms with Crippen LogP contribution in [0.4, 0.5) is 13.2 Å². The number of carbonyl (C=O) groups is 2. The number of halogens is 4. The maximum atomic E-state index is 12.0. The zero-order valence-electron chi connectivity index (χ0n) is 10.6. The molecule has 0 saturated heterocycles. The lowest BCUT2D eigenvalue weighted by atomic mass is 10.0. The Labute approximate surface area is 122 Å². The molecule has 7 heteroatoms. The van der Waals surface area contributed by atoms with E-state index in [1.54, 1.807) is 6.07 Å². The number of ether oxygens (including phenoxy) is 1. The molecule has 3 nitrogen and oxygen atoms in total. The van der Waals surface area contributed by atoms with Gasteiger partial charge in [-0.05, 0) is 23.8 Å². The molecule has 0 heterocycles. The Balaban J connectivity index is 2.75. The summed E-state index contributed by atoms with van der Waals surface area (Å²) in [5.41, 5.74) is 0.701. The highest BCUT2D eigenvalue weighted by Gasteiger charge is 2.27. The summed E-state index contributed by atoms with van der Waals surface area (Å²) in [4.78, 5) is 22.9. The number of carbonyl (C=O) groups excluding carboxylic acids is 2. The Morgan fingerprint density at radius 2 is 1.90 bits per heavy atom. The maximum absolute atomic E-state index is 12.0. The monoisotopic (exact) mass is 352 g/mol. The molecule has 0 bridgehead atoms. The van der Waals surface area contributed by atoms with Crippen LogP contribution < -0.4 is 0 Å². The number of alkyl halides is 3. The van der Waals surface area contributed by atoms with Gasteiger partial charge >= 0.3 is 12.1 Å². The zero-order valence-corrected chi connectivity index (χ0v) is 12.2. The maximum Gasteiger partial charge on any atom is 0.389 e. The van der Waals surface area contributed by atoms with Gasteiger partial charge in [-0.1, -0.05) is 15.9 Å². The van der Waals surface area contributed by atoms with Crippen LogP contribution in [0.2, 0.25) is 0 Å². The Kier molecular flexibility index (Phi) is 5.74. The second kappa shape index (κ2) is 6.88. The minimum atomic E-state index is -4.34. The molecule has 0 unspecified atom stereocenters. The lowest BCUT2D eigenvalue weighted by Gasteiger charge is -2.07. The van der Waals surface area contributed by atoms with E-state index < -0.39 is 30.8 Å². The molecule has 0 aliphatic rings. The third-order valence-electron chi connectivity index (χ3n) is 2.47. The van der Waals surface area contributed by atoms with Gasteiger partial charge in [0.25, 0.3) is 0 Å². The van der Waals surface area contributed by atoms with Gasteiger partial charge in [-0.25, -0.2) is 4.79 Å². The largest absolute Gasteiger partial charge is 0.465 e. The third-order valence-corrected chi connectivity index (χ3v) is 2.93.